The summed E-state index contributed by atoms with van der Waals surface area (Å²) in [5.74, 6) is 0. The Morgan fingerprint density at radius 2 is 2.17 bits per heavy atom. The number of hydrogen-bond donors (Lipinski definition) is 2. The molecule has 0 spiro atoms. The maximum atomic E-state index is 10.7. The van der Waals surface area contributed by atoms with E-state index >= 15 is 0 Å². The van der Waals surface area contributed by atoms with Crippen LogP contribution in [0.5, 0.6) is 0 Å². The molecule has 0 fully saturated rings. The topological polar surface area (TPSA) is 81.4 Å². The SMILES string of the molecule is C=CS(=O)(=O)NCCOCCN. The quantitative estimate of drug-likeness (QED) is 0.511. The van der Waals surface area contributed by atoms with E-state index in [0.29, 0.717) is 19.8 Å². The van der Waals surface area contributed by atoms with Crippen molar-refractivity contribution in [2.24, 2.45) is 5.73 Å². The number of sulfonamides is 1. The van der Waals surface area contributed by atoms with Crippen molar-refractivity contribution >= 4 is 10.0 Å². The van der Waals surface area contributed by atoms with Gasteiger partial charge in [-0.05, 0) is 0 Å². The van der Waals surface area contributed by atoms with E-state index in [1.807, 2.05) is 0 Å². The average molecular weight is 194 g/mol. The zero-order chi connectivity index (χ0) is 9.45. The van der Waals surface area contributed by atoms with E-state index in [1.165, 1.54) is 0 Å². The first-order valence-electron chi connectivity index (χ1n) is 3.52. The van der Waals surface area contributed by atoms with Crippen molar-refractivity contribution < 1.29 is 13.2 Å². The molecule has 0 aliphatic heterocycles. The fraction of sp³-hybridized carbons (Fsp3) is 0.667. The van der Waals surface area contributed by atoms with Crippen LogP contribution >= 0.6 is 0 Å². The van der Waals surface area contributed by atoms with E-state index in [4.69, 9.17) is 10.5 Å². The Morgan fingerprint density at radius 1 is 1.50 bits per heavy atom. The molecule has 0 bridgehead atoms. The van der Waals surface area contributed by atoms with Crippen LogP contribution < -0.4 is 10.5 Å². The van der Waals surface area contributed by atoms with E-state index in [0.717, 1.165) is 5.41 Å². The zero-order valence-corrected chi connectivity index (χ0v) is 7.64. The summed E-state index contributed by atoms with van der Waals surface area (Å²) in [4.78, 5) is 0. The van der Waals surface area contributed by atoms with Gasteiger partial charge in [-0.3, -0.25) is 0 Å². The standard InChI is InChI=1S/C6H14N2O3S/c1-2-12(9,10)8-4-6-11-5-3-7/h2,8H,1,3-7H2. The van der Waals surface area contributed by atoms with Gasteiger partial charge in [-0.1, -0.05) is 6.58 Å². The van der Waals surface area contributed by atoms with Gasteiger partial charge in [0.15, 0.2) is 0 Å². The van der Waals surface area contributed by atoms with Gasteiger partial charge in [-0.2, -0.15) is 0 Å². The van der Waals surface area contributed by atoms with Crippen molar-refractivity contribution in [1.82, 2.24) is 4.72 Å². The van der Waals surface area contributed by atoms with E-state index in [2.05, 4.69) is 11.3 Å². The summed E-state index contributed by atoms with van der Waals surface area (Å²) in [6.07, 6.45) is 0. The maximum Gasteiger partial charge on any atom is 0.233 e. The summed E-state index contributed by atoms with van der Waals surface area (Å²) >= 11 is 0. The molecule has 72 valence electrons. The first-order chi connectivity index (χ1) is 5.62. The molecule has 3 N–H and O–H groups in total. The molecule has 5 nitrogen and oxygen atoms in total. The highest BCUT2D eigenvalue weighted by Crippen LogP contribution is 1.82. The van der Waals surface area contributed by atoms with Crippen molar-refractivity contribution in [1.29, 1.82) is 0 Å². The second-order valence-electron chi connectivity index (χ2n) is 2.01. The summed E-state index contributed by atoms with van der Waals surface area (Å²) in [5.41, 5.74) is 5.14. The van der Waals surface area contributed by atoms with Crippen LogP contribution in [0.4, 0.5) is 0 Å². The smallest absolute Gasteiger partial charge is 0.233 e. The predicted octanol–water partition coefficient (Wildman–Crippen LogP) is -0.975. The molecule has 0 aliphatic carbocycles. The lowest BCUT2D eigenvalue weighted by Gasteiger charge is -2.02. The molecule has 0 aromatic carbocycles. The summed E-state index contributed by atoms with van der Waals surface area (Å²) in [5, 5.41) is 0.857. The monoisotopic (exact) mass is 194 g/mol. The predicted molar refractivity (Wildman–Crippen MR) is 47.0 cm³/mol. The number of rotatable bonds is 7. The first-order valence-corrected chi connectivity index (χ1v) is 5.07. The molecular formula is C6H14N2O3S. The van der Waals surface area contributed by atoms with Crippen LogP contribution in [0.15, 0.2) is 12.0 Å². The molecule has 0 radical (unpaired) electrons. The fourth-order valence-electron chi connectivity index (χ4n) is 0.500. The number of nitrogens with one attached hydrogen (secondary N) is 1. The molecule has 0 saturated carbocycles. The van der Waals surface area contributed by atoms with Crippen molar-refractivity contribution in [2.45, 2.75) is 0 Å². The number of ether oxygens (including phenoxy) is 1. The van der Waals surface area contributed by atoms with Crippen LogP contribution in [0.1, 0.15) is 0 Å². The number of hydrogen-bond acceptors (Lipinski definition) is 4. The largest absolute Gasteiger partial charge is 0.379 e. The molecule has 12 heavy (non-hydrogen) atoms. The molecule has 0 aromatic heterocycles. The Balaban J connectivity index is 3.38. The summed E-state index contributed by atoms with van der Waals surface area (Å²) in [7, 11) is -3.30. The lowest BCUT2D eigenvalue weighted by atomic mass is 10.7. The minimum atomic E-state index is -3.30. The Hall–Kier alpha value is -0.430. The number of nitrogens with two attached hydrogens (primary N) is 1. The molecule has 0 unspecified atom stereocenters. The van der Waals surface area contributed by atoms with Gasteiger partial charge in [-0.15, -0.1) is 0 Å². The fourth-order valence-corrected chi connectivity index (χ4v) is 0.986. The summed E-state index contributed by atoms with van der Waals surface area (Å²) in [6.45, 7) is 4.58. The van der Waals surface area contributed by atoms with Gasteiger partial charge in [-0.25, -0.2) is 13.1 Å². The van der Waals surface area contributed by atoms with E-state index < -0.39 is 10.0 Å². The normalized spacial score (nSPS) is 11.4. The molecule has 0 heterocycles. The van der Waals surface area contributed by atoms with Crippen LogP contribution in [-0.4, -0.2) is 34.7 Å². The van der Waals surface area contributed by atoms with Crippen molar-refractivity contribution in [3.63, 3.8) is 0 Å². The molecule has 0 aliphatic rings. The molecule has 0 atom stereocenters. The first kappa shape index (κ1) is 11.6. The molecule has 0 saturated heterocycles. The van der Waals surface area contributed by atoms with Gasteiger partial charge in [0, 0.05) is 18.5 Å². The third kappa shape index (κ3) is 6.29. The van der Waals surface area contributed by atoms with Gasteiger partial charge in [0.25, 0.3) is 0 Å². The lowest BCUT2D eigenvalue weighted by molar-refractivity contribution is 0.147. The van der Waals surface area contributed by atoms with E-state index in [1.54, 1.807) is 0 Å². The highest BCUT2D eigenvalue weighted by Gasteiger charge is 2.00. The molecular weight excluding hydrogens is 180 g/mol. The minimum Gasteiger partial charge on any atom is -0.379 e. The van der Waals surface area contributed by atoms with Crippen LogP contribution in [0.25, 0.3) is 0 Å². The Bertz CT molecular complexity index is 213. The third-order valence-electron chi connectivity index (χ3n) is 1.03. The molecule has 0 rings (SSSR count). The second kappa shape index (κ2) is 6.13. The third-order valence-corrected chi connectivity index (χ3v) is 2.08. The van der Waals surface area contributed by atoms with Crippen LogP contribution in [-0.2, 0) is 14.8 Å². The van der Waals surface area contributed by atoms with Gasteiger partial charge in [0.05, 0.1) is 13.2 Å². The summed E-state index contributed by atoms with van der Waals surface area (Å²) < 4.78 is 28.6. The Labute approximate surface area is 72.6 Å². The van der Waals surface area contributed by atoms with Crippen LogP contribution in [0, 0.1) is 0 Å². The van der Waals surface area contributed by atoms with Crippen LogP contribution in [0.2, 0.25) is 0 Å². The Kier molecular flexibility index (Phi) is 5.91. The van der Waals surface area contributed by atoms with Crippen molar-refractivity contribution in [2.75, 3.05) is 26.3 Å². The van der Waals surface area contributed by atoms with Gasteiger partial charge >= 0.3 is 0 Å². The van der Waals surface area contributed by atoms with Crippen LogP contribution in [0.3, 0.4) is 0 Å². The van der Waals surface area contributed by atoms with E-state index in [9.17, 15) is 8.42 Å². The van der Waals surface area contributed by atoms with Gasteiger partial charge in [0.1, 0.15) is 0 Å². The molecule has 0 amide bonds. The summed E-state index contributed by atoms with van der Waals surface area (Å²) in [6, 6.07) is 0. The molecule has 0 aromatic rings. The van der Waals surface area contributed by atoms with Gasteiger partial charge < -0.3 is 10.5 Å². The second-order valence-corrected chi connectivity index (χ2v) is 3.72. The van der Waals surface area contributed by atoms with Crippen molar-refractivity contribution in [3.05, 3.63) is 12.0 Å². The van der Waals surface area contributed by atoms with E-state index in [-0.39, 0.29) is 6.54 Å². The highest BCUT2D eigenvalue weighted by molar-refractivity contribution is 7.92. The highest BCUT2D eigenvalue weighted by atomic mass is 32.2. The van der Waals surface area contributed by atoms with Crippen molar-refractivity contribution in [3.8, 4) is 0 Å². The minimum absolute atomic E-state index is 0.244. The average Bonchev–Trinajstić information content (AvgIpc) is 2.04. The zero-order valence-electron chi connectivity index (χ0n) is 6.82. The lowest BCUT2D eigenvalue weighted by Crippen LogP contribution is -2.26. The van der Waals surface area contributed by atoms with Gasteiger partial charge in [0.2, 0.25) is 10.0 Å². The molecule has 6 heteroatoms. The Morgan fingerprint density at radius 3 is 2.67 bits per heavy atom. The maximum absolute atomic E-state index is 10.7.